The number of carbonyl (C=O) groups excluding carboxylic acids is 2. The van der Waals surface area contributed by atoms with Crippen LogP contribution >= 0.6 is 11.8 Å². The molecule has 2 fully saturated rings. The number of hydroxylamine groups is 4. The van der Waals surface area contributed by atoms with E-state index >= 15 is 0 Å². The maximum Gasteiger partial charge on any atom is 0.513 e. The summed E-state index contributed by atoms with van der Waals surface area (Å²) in [6.07, 6.45) is 2.35. The zero-order valence-corrected chi connectivity index (χ0v) is 22.9. The molecule has 0 bridgehead atoms. The lowest BCUT2D eigenvalue weighted by molar-refractivity contribution is -0.237. The number of thioether (sulfide) groups is 1. The number of aryl methyl sites for hydroxylation is 3. The quantitative estimate of drug-likeness (QED) is 0.476. The molecule has 0 saturated carbocycles. The van der Waals surface area contributed by atoms with E-state index in [0.717, 1.165) is 46.6 Å². The van der Waals surface area contributed by atoms with Crippen molar-refractivity contribution in [1.29, 1.82) is 0 Å². The Kier molecular flexibility index (Phi) is 8.65. The summed E-state index contributed by atoms with van der Waals surface area (Å²) in [5, 5.41) is 3.37. The number of hydrogen-bond donors (Lipinski definition) is 0. The summed E-state index contributed by atoms with van der Waals surface area (Å²) >= 11 is 1.96. The van der Waals surface area contributed by atoms with Crippen LogP contribution in [-0.4, -0.2) is 72.6 Å². The zero-order valence-electron chi connectivity index (χ0n) is 22.1. The van der Waals surface area contributed by atoms with Crippen LogP contribution in [0.1, 0.15) is 54.9 Å². The zero-order chi connectivity index (χ0) is 25.9. The molecule has 3 aliphatic rings. The van der Waals surface area contributed by atoms with Gasteiger partial charge in [-0.15, -0.1) is 0 Å². The first-order chi connectivity index (χ1) is 17.3. The number of hydrogen-bond acceptors (Lipinski definition) is 8. The largest absolute Gasteiger partial charge is 0.513 e. The number of nitrogens with zero attached hydrogens (tertiary/aromatic N) is 2. The number of benzene rings is 1. The van der Waals surface area contributed by atoms with Crippen molar-refractivity contribution < 1.29 is 28.7 Å². The Morgan fingerprint density at radius 3 is 2.33 bits per heavy atom. The van der Waals surface area contributed by atoms with E-state index in [2.05, 4.69) is 0 Å². The molecule has 3 aliphatic heterocycles. The fourth-order valence-electron chi connectivity index (χ4n) is 5.63. The van der Waals surface area contributed by atoms with Gasteiger partial charge in [-0.05, 0) is 87.5 Å². The van der Waals surface area contributed by atoms with Crippen molar-refractivity contribution in [1.82, 2.24) is 10.1 Å². The first-order valence-electron chi connectivity index (χ1n) is 12.8. The van der Waals surface area contributed by atoms with E-state index in [1.54, 1.807) is 14.0 Å². The second-order valence-corrected chi connectivity index (χ2v) is 11.1. The number of amides is 1. The highest BCUT2D eigenvalue weighted by Crippen LogP contribution is 2.48. The predicted octanol–water partition coefficient (Wildman–Crippen LogP) is 4.81. The van der Waals surface area contributed by atoms with Gasteiger partial charge in [-0.25, -0.2) is 9.86 Å². The average Bonchev–Trinajstić information content (AvgIpc) is 3.05. The van der Waals surface area contributed by atoms with Gasteiger partial charge < -0.3 is 14.3 Å². The molecule has 0 radical (unpaired) electrons. The molecule has 0 atom stereocenters. The Morgan fingerprint density at radius 2 is 1.75 bits per heavy atom. The van der Waals surface area contributed by atoms with Gasteiger partial charge in [-0.1, -0.05) is 17.7 Å². The van der Waals surface area contributed by atoms with Gasteiger partial charge in [0.05, 0.1) is 25.9 Å². The summed E-state index contributed by atoms with van der Waals surface area (Å²) in [7, 11) is 1.64. The second kappa shape index (κ2) is 11.5. The average molecular weight is 519 g/mol. The lowest BCUT2D eigenvalue weighted by Crippen LogP contribution is -2.55. The lowest BCUT2D eigenvalue weighted by Gasteiger charge is -2.43. The second-order valence-electron chi connectivity index (χ2n) is 9.86. The molecule has 0 unspecified atom stereocenters. The third kappa shape index (κ3) is 5.30. The van der Waals surface area contributed by atoms with Crippen LogP contribution in [-0.2, 0) is 23.9 Å². The molecule has 36 heavy (non-hydrogen) atoms. The SMILES string of the molecule is CCOC(=O)OC1=C(c2c(C)cc(C)cc2C)C(=O)N(OCC2CCSCC2)C12CCN(OC)CC2. The third-order valence-electron chi connectivity index (χ3n) is 7.40. The monoisotopic (exact) mass is 518 g/mol. The number of piperidine rings is 1. The van der Waals surface area contributed by atoms with Crippen LogP contribution in [0.4, 0.5) is 4.79 Å². The topological polar surface area (TPSA) is 77.5 Å². The smallest absolute Gasteiger partial charge is 0.434 e. The van der Waals surface area contributed by atoms with Crippen molar-refractivity contribution in [3.63, 3.8) is 0 Å². The summed E-state index contributed by atoms with van der Waals surface area (Å²) in [6.45, 7) is 9.52. The van der Waals surface area contributed by atoms with Gasteiger partial charge in [0.1, 0.15) is 5.54 Å². The van der Waals surface area contributed by atoms with Gasteiger partial charge in [0.25, 0.3) is 5.91 Å². The molecular formula is C27H38N2O6S. The van der Waals surface area contributed by atoms with Crippen LogP contribution in [0.15, 0.2) is 17.9 Å². The Hall–Kier alpha value is -2.07. The minimum atomic E-state index is -0.915. The fourth-order valence-corrected chi connectivity index (χ4v) is 6.84. The number of ether oxygens (including phenoxy) is 2. The molecule has 1 aromatic carbocycles. The molecule has 3 heterocycles. The first-order valence-corrected chi connectivity index (χ1v) is 14.0. The molecule has 0 N–H and O–H groups in total. The molecule has 0 aliphatic carbocycles. The highest BCUT2D eigenvalue weighted by atomic mass is 32.2. The molecule has 1 amide bonds. The lowest BCUT2D eigenvalue weighted by atomic mass is 9.84. The van der Waals surface area contributed by atoms with E-state index in [1.165, 1.54) is 5.06 Å². The third-order valence-corrected chi connectivity index (χ3v) is 8.45. The van der Waals surface area contributed by atoms with E-state index in [9.17, 15) is 9.59 Å². The summed E-state index contributed by atoms with van der Waals surface area (Å²) in [4.78, 5) is 38.7. The minimum absolute atomic E-state index is 0.183. The number of rotatable bonds is 7. The maximum absolute atomic E-state index is 14.2. The highest BCUT2D eigenvalue weighted by Gasteiger charge is 2.57. The van der Waals surface area contributed by atoms with Crippen LogP contribution in [0.5, 0.6) is 0 Å². The Morgan fingerprint density at radius 1 is 1.11 bits per heavy atom. The van der Waals surface area contributed by atoms with E-state index in [0.29, 0.717) is 49.8 Å². The molecule has 1 spiro atoms. The molecule has 1 aromatic rings. The molecule has 8 nitrogen and oxygen atoms in total. The van der Waals surface area contributed by atoms with Crippen molar-refractivity contribution in [3.05, 3.63) is 40.1 Å². The normalized spacial score (nSPS) is 20.9. The molecule has 0 aromatic heterocycles. The van der Waals surface area contributed by atoms with Gasteiger partial charge in [0, 0.05) is 13.1 Å². The summed E-state index contributed by atoms with van der Waals surface area (Å²) in [6, 6.07) is 4.10. The van der Waals surface area contributed by atoms with Crippen molar-refractivity contribution in [2.75, 3.05) is 44.9 Å². The fraction of sp³-hybridized carbons (Fsp3) is 0.630. The summed E-state index contributed by atoms with van der Waals surface area (Å²) in [5.74, 6) is 2.68. The molecular weight excluding hydrogens is 480 g/mol. The Labute approximate surface area is 218 Å². The van der Waals surface area contributed by atoms with Gasteiger partial charge in [0.15, 0.2) is 5.76 Å². The number of carbonyl (C=O) groups is 2. The van der Waals surface area contributed by atoms with Crippen LogP contribution < -0.4 is 0 Å². The van der Waals surface area contributed by atoms with E-state index < -0.39 is 11.7 Å². The van der Waals surface area contributed by atoms with Gasteiger partial charge >= 0.3 is 6.16 Å². The summed E-state index contributed by atoms with van der Waals surface area (Å²) < 4.78 is 11.1. The van der Waals surface area contributed by atoms with Crippen molar-refractivity contribution in [3.8, 4) is 0 Å². The van der Waals surface area contributed by atoms with Crippen LogP contribution in [0, 0.1) is 26.7 Å². The Bertz CT molecular complexity index is 989. The first kappa shape index (κ1) is 27.0. The summed E-state index contributed by atoms with van der Waals surface area (Å²) in [5.41, 5.74) is 3.29. The molecule has 2 saturated heterocycles. The Balaban J connectivity index is 1.80. The van der Waals surface area contributed by atoms with Gasteiger partial charge in [-0.2, -0.15) is 16.8 Å². The highest BCUT2D eigenvalue weighted by molar-refractivity contribution is 7.99. The van der Waals surface area contributed by atoms with Crippen LogP contribution in [0.2, 0.25) is 0 Å². The molecule has 9 heteroatoms. The minimum Gasteiger partial charge on any atom is -0.434 e. The van der Waals surface area contributed by atoms with E-state index in [4.69, 9.17) is 19.1 Å². The van der Waals surface area contributed by atoms with Crippen molar-refractivity contribution in [2.45, 2.75) is 58.9 Å². The van der Waals surface area contributed by atoms with Crippen LogP contribution in [0.3, 0.4) is 0 Å². The van der Waals surface area contributed by atoms with Gasteiger partial charge in [0.2, 0.25) is 0 Å². The molecule has 198 valence electrons. The van der Waals surface area contributed by atoms with E-state index in [-0.39, 0.29) is 12.5 Å². The van der Waals surface area contributed by atoms with Gasteiger partial charge in [-0.3, -0.25) is 9.63 Å². The van der Waals surface area contributed by atoms with Crippen molar-refractivity contribution in [2.24, 2.45) is 5.92 Å². The van der Waals surface area contributed by atoms with Crippen molar-refractivity contribution >= 4 is 29.4 Å². The standard InChI is InChI=1S/C27H38N2O6S/c1-6-33-26(31)35-24-23(22-19(3)15-18(2)16-20(22)4)25(30)29(34-17-21-7-13-36-14-8-21)27(24)9-11-28(32-5)12-10-27/h15-16,21H,6-14,17H2,1-5H3. The van der Waals surface area contributed by atoms with Crippen LogP contribution in [0.25, 0.3) is 5.57 Å². The molecule has 4 rings (SSSR count). The maximum atomic E-state index is 14.2. The van der Waals surface area contributed by atoms with E-state index in [1.807, 2.05) is 49.7 Å². The predicted molar refractivity (Wildman–Crippen MR) is 139 cm³/mol.